The van der Waals surface area contributed by atoms with Gasteiger partial charge in [-0.2, -0.15) is 5.10 Å². The van der Waals surface area contributed by atoms with E-state index >= 15 is 0 Å². The Bertz CT molecular complexity index is 1110. The SMILES string of the molecule is Cc1ccc(C)c(N2N=C(C(=O)N3CCC(C(=O)Nc4ccc(Cl)cn4)CC3)CCC2=O)c1. The van der Waals surface area contributed by atoms with Crippen LogP contribution in [-0.4, -0.2) is 46.4 Å². The molecule has 3 amide bonds. The van der Waals surface area contributed by atoms with Crippen molar-refractivity contribution in [3.63, 3.8) is 0 Å². The fraction of sp³-hybridized carbons (Fsp3) is 0.375. The molecular weight excluding hydrogens is 442 g/mol. The van der Waals surface area contributed by atoms with Gasteiger partial charge in [-0.05, 0) is 56.0 Å². The number of aryl methyl sites for hydroxylation is 2. The van der Waals surface area contributed by atoms with E-state index in [4.69, 9.17) is 11.6 Å². The van der Waals surface area contributed by atoms with Gasteiger partial charge in [-0.1, -0.05) is 23.7 Å². The maximum atomic E-state index is 13.1. The fourth-order valence-electron chi connectivity index (χ4n) is 4.05. The Labute approximate surface area is 197 Å². The first kappa shape index (κ1) is 22.9. The second-order valence-electron chi connectivity index (χ2n) is 8.46. The summed E-state index contributed by atoms with van der Waals surface area (Å²) < 4.78 is 0. The molecule has 0 unspecified atom stereocenters. The van der Waals surface area contributed by atoms with Crippen molar-refractivity contribution >= 4 is 46.5 Å². The monoisotopic (exact) mass is 467 g/mol. The lowest BCUT2D eigenvalue weighted by atomic mass is 9.95. The van der Waals surface area contributed by atoms with Gasteiger partial charge in [0.15, 0.2) is 0 Å². The lowest BCUT2D eigenvalue weighted by molar-refractivity contribution is -0.129. The minimum absolute atomic E-state index is 0.112. The van der Waals surface area contributed by atoms with E-state index in [9.17, 15) is 14.4 Å². The summed E-state index contributed by atoms with van der Waals surface area (Å²) in [6.07, 6.45) is 3.15. The number of hydrogen-bond donors (Lipinski definition) is 1. The van der Waals surface area contributed by atoms with Gasteiger partial charge in [0, 0.05) is 38.0 Å². The van der Waals surface area contributed by atoms with E-state index in [0.29, 0.717) is 54.6 Å². The molecule has 1 aromatic carbocycles. The van der Waals surface area contributed by atoms with E-state index < -0.39 is 0 Å². The van der Waals surface area contributed by atoms with Crippen molar-refractivity contribution in [3.8, 4) is 0 Å². The summed E-state index contributed by atoms with van der Waals surface area (Å²) in [4.78, 5) is 44.0. The molecule has 4 rings (SSSR count). The minimum Gasteiger partial charge on any atom is -0.337 e. The largest absolute Gasteiger partial charge is 0.337 e. The molecule has 1 fully saturated rings. The van der Waals surface area contributed by atoms with Gasteiger partial charge < -0.3 is 10.2 Å². The van der Waals surface area contributed by atoms with E-state index in [0.717, 1.165) is 11.1 Å². The smallest absolute Gasteiger partial charge is 0.270 e. The van der Waals surface area contributed by atoms with Crippen LogP contribution in [0.25, 0.3) is 0 Å². The van der Waals surface area contributed by atoms with E-state index in [-0.39, 0.29) is 30.1 Å². The number of carbonyl (C=O) groups excluding carboxylic acids is 3. The lowest BCUT2D eigenvalue weighted by Crippen LogP contribution is -2.46. The van der Waals surface area contributed by atoms with Gasteiger partial charge in [-0.3, -0.25) is 14.4 Å². The highest BCUT2D eigenvalue weighted by Gasteiger charge is 2.32. The van der Waals surface area contributed by atoms with Crippen molar-refractivity contribution in [2.45, 2.75) is 39.5 Å². The number of rotatable bonds is 4. The van der Waals surface area contributed by atoms with Crippen molar-refractivity contribution in [1.82, 2.24) is 9.88 Å². The lowest BCUT2D eigenvalue weighted by Gasteiger charge is -2.33. The highest BCUT2D eigenvalue weighted by atomic mass is 35.5. The molecule has 1 aromatic heterocycles. The predicted molar refractivity (Wildman–Crippen MR) is 127 cm³/mol. The van der Waals surface area contributed by atoms with Crippen LogP contribution in [0.2, 0.25) is 5.02 Å². The van der Waals surface area contributed by atoms with E-state index in [2.05, 4.69) is 15.4 Å². The number of hydrazone groups is 1. The zero-order valence-electron chi connectivity index (χ0n) is 18.7. The number of piperidine rings is 1. The molecule has 33 heavy (non-hydrogen) atoms. The second-order valence-corrected chi connectivity index (χ2v) is 8.90. The number of hydrogen-bond acceptors (Lipinski definition) is 5. The predicted octanol–water partition coefficient (Wildman–Crippen LogP) is 3.71. The summed E-state index contributed by atoms with van der Waals surface area (Å²) in [5, 5.41) is 9.11. The first-order valence-corrected chi connectivity index (χ1v) is 11.4. The molecule has 172 valence electrons. The Morgan fingerprint density at radius 1 is 1.09 bits per heavy atom. The molecule has 0 saturated carbocycles. The zero-order valence-corrected chi connectivity index (χ0v) is 19.4. The van der Waals surface area contributed by atoms with E-state index in [1.165, 1.54) is 11.2 Å². The van der Waals surface area contributed by atoms with Crippen molar-refractivity contribution < 1.29 is 14.4 Å². The topological polar surface area (TPSA) is 95.0 Å². The van der Waals surface area contributed by atoms with Gasteiger partial charge in [-0.15, -0.1) is 0 Å². The number of benzene rings is 1. The molecule has 9 heteroatoms. The number of pyridine rings is 1. The van der Waals surface area contributed by atoms with Crippen molar-refractivity contribution in [2.24, 2.45) is 11.0 Å². The van der Waals surface area contributed by atoms with E-state index in [1.807, 2.05) is 32.0 Å². The number of nitrogens with one attached hydrogen (secondary N) is 1. The van der Waals surface area contributed by atoms with E-state index in [1.54, 1.807) is 17.0 Å². The zero-order chi connectivity index (χ0) is 23.5. The van der Waals surface area contributed by atoms with Gasteiger partial charge in [0.2, 0.25) is 11.8 Å². The highest BCUT2D eigenvalue weighted by Crippen LogP contribution is 2.26. The van der Waals surface area contributed by atoms with Crippen LogP contribution in [0.15, 0.2) is 41.6 Å². The fourth-order valence-corrected chi connectivity index (χ4v) is 4.16. The summed E-state index contributed by atoms with van der Waals surface area (Å²) >= 11 is 5.83. The Balaban J connectivity index is 1.39. The number of carbonyl (C=O) groups is 3. The number of amides is 3. The van der Waals surface area contributed by atoms with Crippen LogP contribution in [0, 0.1) is 19.8 Å². The number of anilines is 2. The summed E-state index contributed by atoms with van der Waals surface area (Å²) in [7, 11) is 0. The molecular formula is C24H26ClN5O3. The third kappa shape index (κ3) is 5.22. The van der Waals surface area contributed by atoms with Crippen molar-refractivity contribution in [3.05, 3.63) is 52.7 Å². The van der Waals surface area contributed by atoms with Crippen molar-refractivity contribution in [2.75, 3.05) is 23.4 Å². The molecule has 8 nitrogen and oxygen atoms in total. The third-order valence-electron chi connectivity index (χ3n) is 6.00. The van der Waals surface area contributed by atoms with Gasteiger partial charge in [-0.25, -0.2) is 9.99 Å². The summed E-state index contributed by atoms with van der Waals surface area (Å²) in [6.45, 7) is 4.79. The Morgan fingerprint density at radius 2 is 1.85 bits per heavy atom. The van der Waals surface area contributed by atoms with Crippen molar-refractivity contribution in [1.29, 1.82) is 0 Å². The molecule has 0 bridgehead atoms. The average molecular weight is 468 g/mol. The van der Waals surface area contributed by atoms with Gasteiger partial charge in [0.25, 0.3) is 5.91 Å². The number of nitrogens with zero attached hydrogens (tertiary/aromatic N) is 4. The average Bonchev–Trinajstić information content (AvgIpc) is 2.82. The Hall–Kier alpha value is -3.26. The van der Waals surface area contributed by atoms with Crippen LogP contribution in [0.5, 0.6) is 0 Å². The van der Waals surface area contributed by atoms with Crippen LogP contribution in [0.3, 0.4) is 0 Å². The first-order chi connectivity index (χ1) is 15.8. The molecule has 0 atom stereocenters. The molecule has 2 aliphatic heterocycles. The Kier molecular flexibility index (Phi) is 6.74. The summed E-state index contributed by atoms with van der Waals surface area (Å²) in [5.41, 5.74) is 3.03. The van der Waals surface area contributed by atoms with Crippen LogP contribution in [-0.2, 0) is 14.4 Å². The second kappa shape index (κ2) is 9.70. The molecule has 0 spiro atoms. The molecule has 2 aromatic rings. The number of likely N-dealkylation sites (tertiary alicyclic amines) is 1. The molecule has 1 saturated heterocycles. The maximum absolute atomic E-state index is 13.1. The molecule has 2 aliphatic rings. The maximum Gasteiger partial charge on any atom is 0.270 e. The number of aromatic nitrogens is 1. The van der Waals surface area contributed by atoms with Gasteiger partial charge in [0.1, 0.15) is 11.5 Å². The minimum atomic E-state index is -0.201. The quantitative estimate of drug-likeness (QED) is 0.741. The summed E-state index contributed by atoms with van der Waals surface area (Å²) in [6, 6.07) is 9.15. The van der Waals surface area contributed by atoms with Gasteiger partial charge >= 0.3 is 0 Å². The normalized spacial score (nSPS) is 17.1. The standard InChI is InChI=1S/C24H26ClN5O3/c1-15-3-4-16(2)20(13-15)30-22(31)8-6-19(28-30)24(33)29-11-9-17(10-12-29)23(32)27-21-7-5-18(25)14-26-21/h3-5,7,13-14,17H,6,8-12H2,1-2H3,(H,26,27,32). The third-order valence-corrected chi connectivity index (χ3v) is 6.23. The van der Waals surface area contributed by atoms with Crippen LogP contribution in [0.1, 0.15) is 36.8 Å². The molecule has 0 radical (unpaired) electrons. The van der Waals surface area contributed by atoms with Crippen LogP contribution < -0.4 is 10.3 Å². The summed E-state index contributed by atoms with van der Waals surface area (Å²) in [5.74, 6) is -0.149. The number of halogens is 1. The molecule has 3 heterocycles. The Morgan fingerprint density at radius 3 is 2.55 bits per heavy atom. The van der Waals surface area contributed by atoms with Crippen LogP contribution in [0.4, 0.5) is 11.5 Å². The highest BCUT2D eigenvalue weighted by molar-refractivity contribution is 6.40. The molecule has 0 aliphatic carbocycles. The van der Waals surface area contributed by atoms with Gasteiger partial charge in [0.05, 0.1) is 10.7 Å². The van der Waals surface area contributed by atoms with Crippen LogP contribution >= 0.6 is 11.6 Å². The molecule has 1 N–H and O–H groups in total. The first-order valence-electron chi connectivity index (χ1n) is 11.0.